The van der Waals surface area contributed by atoms with E-state index in [1.54, 1.807) is 16.6 Å². The van der Waals surface area contributed by atoms with E-state index in [1.165, 1.54) is 18.1 Å². The summed E-state index contributed by atoms with van der Waals surface area (Å²) in [6, 6.07) is 10.9. The standard InChI is InChI=1S/C19H16BrN5O2S/c1-3-12-11(2)23-19-21-10-22-25(19)18(12)28-15-7-5-4-6-13(15)24-17(26)14-8-9-16(20)27-14/h4-10H,3H2,1-2H3,(H,24,26). The molecule has 1 N–H and O–H groups in total. The van der Waals surface area contributed by atoms with Crippen molar-refractivity contribution < 1.29 is 9.21 Å². The van der Waals surface area contributed by atoms with Crippen LogP contribution in [-0.4, -0.2) is 25.5 Å². The first-order valence-electron chi connectivity index (χ1n) is 8.59. The first-order valence-corrected chi connectivity index (χ1v) is 10.2. The van der Waals surface area contributed by atoms with Crippen LogP contribution in [0.1, 0.15) is 28.7 Å². The zero-order valence-electron chi connectivity index (χ0n) is 15.1. The van der Waals surface area contributed by atoms with Crippen LogP contribution >= 0.6 is 27.7 Å². The zero-order valence-corrected chi connectivity index (χ0v) is 17.5. The minimum absolute atomic E-state index is 0.236. The van der Waals surface area contributed by atoms with E-state index in [9.17, 15) is 4.79 Å². The van der Waals surface area contributed by atoms with Crippen molar-refractivity contribution >= 4 is 45.1 Å². The van der Waals surface area contributed by atoms with Crippen molar-refractivity contribution in [1.82, 2.24) is 19.6 Å². The fourth-order valence-electron chi connectivity index (χ4n) is 2.85. The molecule has 0 saturated heterocycles. The van der Waals surface area contributed by atoms with Crippen molar-refractivity contribution in [3.8, 4) is 0 Å². The van der Waals surface area contributed by atoms with Gasteiger partial charge in [-0.3, -0.25) is 4.79 Å². The highest BCUT2D eigenvalue weighted by Crippen LogP contribution is 2.36. The highest BCUT2D eigenvalue weighted by atomic mass is 79.9. The number of anilines is 1. The number of nitrogens with zero attached hydrogens (tertiary/aromatic N) is 4. The third kappa shape index (κ3) is 3.55. The highest BCUT2D eigenvalue weighted by molar-refractivity contribution is 9.10. The molecular formula is C19H16BrN5O2S. The molecule has 0 saturated carbocycles. The molecule has 0 unspecified atom stereocenters. The molecule has 0 fully saturated rings. The number of aryl methyl sites for hydroxylation is 1. The van der Waals surface area contributed by atoms with E-state index >= 15 is 0 Å². The number of amides is 1. The molecule has 0 aliphatic heterocycles. The second-order valence-electron chi connectivity index (χ2n) is 5.96. The van der Waals surface area contributed by atoms with Crippen LogP contribution in [0.5, 0.6) is 0 Å². The Balaban J connectivity index is 1.71. The molecule has 9 heteroatoms. The van der Waals surface area contributed by atoms with Gasteiger partial charge in [0.15, 0.2) is 10.4 Å². The van der Waals surface area contributed by atoms with E-state index < -0.39 is 0 Å². The summed E-state index contributed by atoms with van der Waals surface area (Å²) in [5.41, 5.74) is 2.71. The smallest absolute Gasteiger partial charge is 0.291 e. The summed E-state index contributed by atoms with van der Waals surface area (Å²) < 4.78 is 7.59. The van der Waals surface area contributed by atoms with Crippen LogP contribution in [0.4, 0.5) is 5.69 Å². The minimum atomic E-state index is -0.314. The third-order valence-electron chi connectivity index (χ3n) is 4.18. The first-order chi connectivity index (χ1) is 13.6. The lowest BCUT2D eigenvalue weighted by molar-refractivity contribution is 0.0995. The fourth-order valence-corrected chi connectivity index (χ4v) is 4.37. The van der Waals surface area contributed by atoms with Crippen LogP contribution in [-0.2, 0) is 6.42 Å². The van der Waals surface area contributed by atoms with Gasteiger partial charge >= 0.3 is 0 Å². The molecule has 0 aliphatic rings. The van der Waals surface area contributed by atoms with E-state index in [0.717, 1.165) is 27.6 Å². The van der Waals surface area contributed by atoms with Gasteiger partial charge in [0.2, 0.25) is 0 Å². The van der Waals surface area contributed by atoms with Gasteiger partial charge in [0.05, 0.1) is 5.69 Å². The van der Waals surface area contributed by atoms with Gasteiger partial charge in [-0.05, 0) is 53.5 Å². The normalized spacial score (nSPS) is 11.1. The number of para-hydroxylation sites is 1. The molecule has 7 nitrogen and oxygen atoms in total. The zero-order chi connectivity index (χ0) is 19.7. The van der Waals surface area contributed by atoms with Crippen molar-refractivity contribution in [1.29, 1.82) is 0 Å². The summed E-state index contributed by atoms with van der Waals surface area (Å²) >= 11 is 4.74. The molecule has 3 aromatic heterocycles. The summed E-state index contributed by atoms with van der Waals surface area (Å²) in [6.07, 6.45) is 2.31. The predicted molar refractivity (Wildman–Crippen MR) is 110 cm³/mol. The summed E-state index contributed by atoms with van der Waals surface area (Å²) in [7, 11) is 0. The van der Waals surface area contributed by atoms with E-state index in [1.807, 2.05) is 31.2 Å². The Labute approximate surface area is 173 Å². The third-order valence-corrected chi connectivity index (χ3v) is 5.79. The lowest BCUT2D eigenvalue weighted by Crippen LogP contribution is -2.11. The van der Waals surface area contributed by atoms with Crippen molar-refractivity contribution in [3.63, 3.8) is 0 Å². The first kappa shape index (κ1) is 18.7. The highest BCUT2D eigenvalue weighted by Gasteiger charge is 2.18. The van der Waals surface area contributed by atoms with Crippen molar-refractivity contribution in [2.24, 2.45) is 0 Å². The molecule has 3 heterocycles. The lowest BCUT2D eigenvalue weighted by atomic mass is 10.2. The summed E-state index contributed by atoms with van der Waals surface area (Å²) in [6.45, 7) is 4.05. The maximum atomic E-state index is 12.5. The average molecular weight is 458 g/mol. The van der Waals surface area contributed by atoms with Gasteiger partial charge in [0.1, 0.15) is 11.4 Å². The van der Waals surface area contributed by atoms with Crippen molar-refractivity contribution in [3.05, 3.63) is 64.4 Å². The molecule has 28 heavy (non-hydrogen) atoms. The van der Waals surface area contributed by atoms with Crippen LogP contribution in [0.2, 0.25) is 0 Å². The SMILES string of the molecule is CCc1c(C)nc2ncnn2c1Sc1ccccc1NC(=O)c1ccc(Br)o1. The summed E-state index contributed by atoms with van der Waals surface area (Å²) in [4.78, 5) is 22.1. The second kappa shape index (κ2) is 7.76. The molecule has 0 bridgehead atoms. The second-order valence-corrected chi connectivity index (χ2v) is 7.77. The monoisotopic (exact) mass is 457 g/mol. The van der Waals surface area contributed by atoms with Gasteiger partial charge in [-0.25, -0.2) is 4.98 Å². The van der Waals surface area contributed by atoms with E-state index in [0.29, 0.717) is 16.1 Å². The Morgan fingerprint density at radius 1 is 1.29 bits per heavy atom. The van der Waals surface area contributed by atoms with Crippen LogP contribution in [0.3, 0.4) is 0 Å². The van der Waals surface area contributed by atoms with Crippen molar-refractivity contribution in [2.45, 2.75) is 30.2 Å². The van der Waals surface area contributed by atoms with Gasteiger partial charge in [-0.2, -0.15) is 14.6 Å². The quantitative estimate of drug-likeness (QED) is 0.435. The molecule has 0 atom stereocenters. The van der Waals surface area contributed by atoms with E-state index in [-0.39, 0.29) is 11.7 Å². The Morgan fingerprint density at radius 2 is 2.11 bits per heavy atom. The van der Waals surface area contributed by atoms with Gasteiger partial charge in [-0.1, -0.05) is 30.8 Å². The maximum Gasteiger partial charge on any atom is 0.291 e. The van der Waals surface area contributed by atoms with Gasteiger partial charge in [0, 0.05) is 16.2 Å². The summed E-state index contributed by atoms with van der Waals surface area (Å²) in [5, 5.41) is 8.17. The largest absolute Gasteiger partial charge is 0.444 e. The molecule has 4 rings (SSSR count). The Hall–Kier alpha value is -2.65. The minimum Gasteiger partial charge on any atom is -0.444 e. The predicted octanol–water partition coefficient (Wildman–Crippen LogP) is 4.75. The molecule has 0 spiro atoms. The number of furan rings is 1. The Morgan fingerprint density at radius 3 is 2.86 bits per heavy atom. The summed E-state index contributed by atoms with van der Waals surface area (Å²) in [5.74, 6) is 0.477. The average Bonchev–Trinajstić information content (AvgIpc) is 3.32. The Kier molecular flexibility index (Phi) is 5.19. The number of carbonyl (C=O) groups is 1. The van der Waals surface area contributed by atoms with Gasteiger partial charge < -0.3 is 9.73 Å². The number of carbonyl (C=O) groups excluding carboxylic acids is 1. The van der Waals surface area contributed by atoms with E-state index in [2.05, 4.69) is 43.2 Å². The topological polar surface area (TPSA) is 85.3 Å². The van der Waals surface area contributed by atoms with Gasteiger partial charge in [-0.15, -0.1) is 0 Å². The number of rotatable bonds is 5. The number of halogens is 1. The molecule has 1 amide bonds. The maximum absolute atomic E-state index is 12.5. The fraction of sp³-hybridized carbons (Fsp3) is 0.158. The number of aromatic nitrogens is 4. The molecule has 1 aromatic carbocycles. The molecule has 0 radical (unpaired) electrons. The van der Waals surface area contributed by atoms with Crippen LogP contribution < -0.4 is 5.32 Å². The number of hydrogen-bond acceptors (Lipinski definition) is 6. The molecule has 142 valence electrons. The number of fused-ring (bicyclic) bond motifs is 1. The number of nitrogens with one attached hydrogen (secondary N) is 1. The molecule has 4 aromatic rings. The number of benzene rings is 1. The van der Waals surface area contributed by atoms with Crippen molar-refractivity contribution in [2.75, 3.05) is 5.32 Å². The Bertz CT molecular complexity index is 1170. The van der Waals surface area contributed by atoms with Gasteiger partial charge in [0.25, 0.3) is 11.7 Å². The lowest BCUT2D eigenvalue weighted by Gasteiger charge is -2.14. The molecule has 0 aliphatic carbocycles. The van der Waals surface area contributed by atoms with E-state index in [4.69, 9.17) is 4.42 Å². The van der Waals surface area contributed by atoms with Crippen LogP contribution in [0.15, 0.2) is 61.7 Å². The number of hydrogen-bond donors (Lipinski definition) is 1. The van der Waals surface area contributed by atoms with Crippen LogP contribution in [0.25, 0.3) is 5.78 Å². The molecular weight excluding hydrogens is 442 g/mol. The van der Waals surface area contributed by atoms with Crippen LogP contribution in [0, 0.1) is 6.92 Å².